The van der Waals surface area contributed by atoms with Crippen molar-refractivity contribution in [2.75, 3.05) is 6.61 Å². The summed E-state index contributed by atoms with van der Waals surface area (Å²) >= 11 is 0. The van der Waals surface area contributed by atoms with Crippen molar-refractivity contribution < 1.29 is 14.7 Å². The Balaban J connectivity index is 2.69. The number of ketones is 2. The quantitative estimate of drug-likeness (QED) is 0.705. The van der Waals surface area contributed by atoms with E-state index in [2.05, 4.69) is 0 Å². The van der Waals surface area contributed by atoms with Gasteiger partial charge < -0.3 is 5.11 Å². The maximum Gasteiger partial charge on any atom is 0.161 e. The van der Waals surface area contributed by atoms with Crippen molar-refractivity contribution in [1.82, 2.24) is 0 Å². The molecule has 1 aliphatic carbocycles. The van der Waals surface area contributed by atoms with Crippen molar-refractivity contribution in [3.63, 3.8) is 0 Å². The maximum atomic E-state index is 11.2. The average Bonchev–Trinajstić information content (AvgIpc) is 2.01. The molecule has 0 unspecified atom stereocenters. The van der Waals surface area contributed by atoms with E-state index in [1.165, 1.54) is 0 Å². The van der Waals surface area contributed by atoms with Gasteiger partial charge in [-0.2, -0.15) is 0 Å². The van der Waals surface area contributed by atoms with Gasteiger partial charge in [0.15, 0.2) is 5.78 Å². The zero-order valence-corrected chi connectivity index (χ0v) is 8.33. The van der Waals surface area contributed by atoms with E-state index in [-0.39, 0.29) is 28.8 Å². The van der Waals surface area contributed by atoms with Crippen LogP contribution in [0.1, 0.15) is 27.2 Å². The third kappa shape index (κ3) is 1.53. The van der Waals surface area contributed by atoms with Crippen molar-refractivity contribution in [1.29, 1.82) is 0 Å². The number of Topliss-reactive ketones (excluding diaryl/α,β-unsaturated/α-hetero) is 2. The predicted molar refractivity (Wildman–Crippen MR) is 48.2 cm³/mol. The Morgan fingerprint density at radius 3 is 2.23 bits per heavy atom. The highest BCUT2D eigenvalue weighted by Gasteiger charge is 2.52. The van der Waals surface area contributed by atoms with Crippen LogP contribution >= 0.6 is 0 Å². The fraction of sp³-hybridized carbons (Fsp3) is 0.800. The van der Waals surface area contributed by atoms with Crippen LogP contribution in [0.3, 0.4) is 0 Å². The molecule has 1 N–H and O–H groups in total. The summed E-state index contributed by atoms with van der Waals surface area (Å²) in [6.45, 7) is 4.99. The highest BCUT2D eigenvalue weighted by molar-refractivity contribution is 5.88. The molecule has 0 heterocycles. The number of hydrogen-bond acceptors (Lipinski definition) is 3. The van der Waals surface area contributed by atoms with Gasteiger partial charge in [-0.15, -0.1) is 0 Å². The first-order chi connectivity index (χ1) is 5.91. The first-order valence-electron chi connectivity index (χ1n) is 4.55. The molecular formula is C10H16O3. The first kappa shape index (κ1) is 10.4. The van der Waals surface area contributed by atoms with Crippen molar-refractivity contribution in [2.24, 2.45) is 17.3 Å². The van der Waals surface area contributed by atoms with E-state index in [4.69, 9.17) is 5.11 Å². The van der Waals surface area contributed by atoms with Gasteiger partial charge in [0.25, 0.3) is 0 Å². The fourth-order valence-corrected chi connectivity index (χ4v) is 2.27. The minimum Gasteiger partial charge on any atom is -0.389 e. The van der Waals surface area contributed by atoms with Crippen LogP contribution in [-0.4, -0.2) is 23.3 Å². The van der Waals surface area contributed by atoms with Crippen LogP contribution in [0, 0.1) is 17.3 Å². The van der Waals surface area contributed by atoms with Crippen molar-refractivity contribution >= 4 is 11.6 Å². The van der Waals surface area contributed by atoms with Gasteiger partial charge in [-0.3, -0.25) is 9.59 Å². The zero-order valence-electron chi connectivity index (χ0n) is 8.33. The summed E-state index contributed by atoms with van der Waals surface area (Å²) < 4.78 is 0. The van der Waals surface area contributed by atoms with Crippen LogP contribution in [0.4, 0.5) is 0 Å². The molecule has 1 saturated carbocycles. The Labute approximate surface area is 78.1 Å². The highest BCUT2D eigenvalue weighted by atomic mass is 16.3. The van der Waals surface area contributed by atoms with Gasteiger partial charge in [-0.05, 0) is 18.8 Å². The molecule has 0 amide bonds. The number of aliphatic hydroxyl groups is 1. The minimum atomic E-state index is -0.404. The van der Waals surface area contributed by atoms with E-state index in [1.54, 1.807) is 6.92 Å². The molecule has 13 heavy (non-hydrogen) atoms. The summed E-state index contributed by atoms with van der Waals surface area (Å²) in [6.07, 6.45) is 0.613. The van der Waals surface area contributed by atoms with Crippen molar-refractivity contribution in [2.45, 2.75) is 27.2 Å². The topological polar surface area (TPSA) is 54.4 Å². The lowest BCUT2D eigenvalue weighted by Crippen LogP contribution is -2.52. The molecule has 3 heteroatoms. The molecule has 0 aromatic carbocycles. The Morgan fingerprint density at radius 2 is 1.92 bits per heavy atom. The van der Waals surface area contributed by atoms with E-state index in [1.807, 2.05) is 13.8 Å². The number of rotatable bonds is 3. The van der Waals surface area contributed by atoms with E-state index in [9.17, 15) is 9.59 Å². The van der Waals surface area contributed by atoms with Gasteiger partial charge in [0.2, 0.25) is 0 Å². The van der Waals surface area contributed by atoms with Gasteiger partial charge in [-0.25, -0.2) is 0 Å². The molecule has 0 radical (unpaired) electrons. The lowest BCUT2D eigenvalue weighted by Gasteiger charge is -2.49. The molecule has 0 bridgehead atoms. The monoisotopic (exact) mass is 184 g/mol. The molecule has 1 aliphatic rings. The summed E-state index contributed by atoms with van der Waals surface area (Å²) in [5.41, 5.74) is -0.258. The van der Waals surface area contributed by atoms with Gasteiger partial charge in [0.1, 0.15) is 12.4 Å². The van der Waals surface area contributed by atoms with E-state index >= 15 is 0 Å². The fourth-order valence-electron chi connectivity index (χ4n) is 2.27. The molecule has 0 aromatic heterocycles. The van der Waals surface area contributed by atoms with Crippen molar-refractivity contribution in [3.05, 3.63) is 0 Å². The largest absolute Gasteiger partial charge is 0.389 e. The summed E-state index contributed by atoms with van der Waals surface area (Å²) in [7, 11) is 0. The second kappa shape index (κ2) is 3.22. The van der Waals surface area contributed by atoms with Gasteiger partial charge in [0.05, 0.1) is 0 Å². The molecule has 0 saturated heterocycles. The summed E-state index contributed by atoms with van der Waals surface area (Å²) in [5.74, 6) is -0.131. The van der Waals surface area contributed by atoms with Crippen LogP contribution < -0.4 is 0 Å². The third-order valence-electron chi connectivity index (χ3n) is 3.30. The van der Waals surface area contributed by atoms with E-state index < -0.39 is 6.61 Å². The number of carbonyl (C=O) groups excluding carboxylic acids is 2. The molecule has 1 fully saturated rings. The predicted octanol–water partition coefficient (Wildman–Crippen LogP) is 0.799. The van der Waals surface area contributed by atoms with Crippen LogP contribution in [0.15, 0.2) is 0 Å². The SMILES string of the molecule is CC(=O)[C@H]1C[C@@H](C(=O)CO)C1(C)C. The second-order valence-electron chi connectivity index (χ2n) is 4.40. The molecule has 3 nitrogen and oxygen atoms in total. The number of carbonyl (C=O) groups is 2. The molecule has 0 aromatic rings. The molecule has 2 atom stereocenters. The number of hydrogen-bond donors (Lipinski definition) is 1. The van der Waals surface area contributed by atoms with Crippen molar-refractivity contribution in [3.8, 4) is 0 Å². The Hall–Kier alpha value is -0.700. The Kier molecular flexibility index (Phi) is 2.57. The molecule has 0 aliphatic heterocycles. The Morgan fingerprint density at radius 1 is 1.38 bits per heavy atom. The number of aliphatic hydroxyl groups excluding tert-OH is 1. The summed E-state index contributed by atoms with van der Waals surface area (Å²) in [5, 5.41) is 8.69. The average molecular weight is 184 g/mol. The maximum absolute atomic E-state index is 11.2. The standard InChI is InChI=1S/C10H16O3/c1-6(12)7-4-8(9(13)5-11)10(7,2)3/h7-8,11H,4-5H2,1-3H3/t7-,8+/m1/s1. The molecule has 0 spiro atoms. The van der Waals surface area contributed by atoms with Crippen LogP contribution in [0.5, 0.6) is 0 Å². The van der Waals surface area contributed by atoms with E-state index in [0.29, 0.717) is 6.42 Å². The Bertz CT molecular complexity index is 243. The highest BCUT2D eigenvalue weighted by Crippen LogP contribution is 2.51. The van der Waals surface area contributed by atoms with E-state index in [0.717, 1.165) is 0 Å². The van der Waals surface area contributed by atoms with Crippen LogP contribution in [0.25, 0.3) is 0 Å². The van der Waals surface area contributed by atoms with Crippen LogP contribution in [0.2, 0.25) is 0 Å². The van der Waals surface area contributed by atoms with Gasteiger partial charge in [0, 0.05) is 11.8 Å². The third-order valence-corrected chi connectivity index (χ3v) is 3.30. The smallest absolute Gasteiger partial charge is 0.161 e. The lowest BCUT2D eigenvalue weighted by atomic mass is 9.52. The first-order valence-corrected chi connectivity index (χ1v) is 4.55. The lowest BCUT2D eigenvalue weighted by molar-refractivity contribution is -0.149. The molecular weight excluding hydrogens is 168 g/mol. The zero-order chi connectivity index (χ0) is 10.2. The van der Waals surface area contributed by atoms with Crippen LogP contribution in [-0.2, 0) is 9.59 Å². The summed E-state index contributed by atoms with van der Waals surface area (Å²) in [6, 6.07) is 0. The second-order valence-corrected chi connectivity index (χ2v) is 4.40. The minimum absolute atomic E-state index is 0.00648. The van der Waals surface area contributed by atoms with Gasteiger partial charge in [-0.1, -0.05) is 13.8 Å². The van der Waals surface area contributed by atoms with Gasteiger partial charge >= 0.3 is 0 Å². The summed E-state index contributed by atoms with van der Waals surface area (Å²) in [4.78, 5) is 22.3. The molecule has 1 rings (SSSR count). The molecule has 74 valence electrons. The normalized spacial score (nSPS) is 30.8.